The van der Waals surface area contributed by atoms with Crippen LogP contribution in [0.15, 0.2) is 18.2 Å². The fourth-order valence-corrected chi connectivity index (χ4v) is 2.78. The second-order valence-electron chi connectivity index (χ2n) is 4.42. The van der Waals surface area contributed by atoms with Crippen LogP contribution >= 0.6 is 22.6 Å². The smallest absolute Gasteiger partial charge is 0.326 e. The first-order chi connectivity index (χ1) is 9.41. The van der Waals surface area contributed by atoms with Gasteiger partial charge in [0.2, 0.25) is 0 Å². The average molecular weight is 390 g/mol. The topological polar surface area (TPSA) is 101 Å². The number of carbonyl (C=O) groups is 2. The van der Waals surface area contributed by atoms with Crippen molar-refractivity contribution in [2.45, 2.75) is 18.9 Å². The molecule has 0 aromatic heterocycles. The van der Waals surface area contributed by atoms with Crippen LogP contribution in [0.25, 0.3) is 0 Å². The maximum Gasteiger partial charge on any atom is 0.326 e. The molecule has 0 aliphatic carbocycles. The highest BCUT2D eigenvalue weighted by molar-refractivity contribution is 14.1. The Bertz CT molecular complexity index is 589. The summed E-state index contributed by atoms with van der Waals surface area (Å²) in [4.78, 5) is 35.0. The van der Waals surface area contributed by atoms with Gasteiger partial charge in [0.15, 0.2) is 0 Å². The van der Waals surface area contributed by atoms with Crippen molar-refractivity contribution < 1.29 is 19.6 Å². The number of halogens is 1. The molecule has 106 valence electrons. The van der Waals surface area contributed by atoms with E-state index >= 15 is 0 Å². The molecule has 1 atom stereocenters. The summed E-state index contributed by atoms with van der Waals surface area (Å²) in [7, 11) is 0. The third-order valence-corrected chi connectivity index (χ3v) is 4.13. The molecular formula is C12H11IN2O5. The van der Waals surface area contributed by atoms with Gasteiger partial charge in [-0.2, -0.15) is 0 Å². The standard InChI is InChI=1S/C12H11IN2O5/c13-9-4-3-7(15(19)20)6-8(9)11(16)14-5-1-2-10(14)12(17)18/h3-4,6,10H,1-2,5H2,(H,17,18). The van der Waals surface area contributed by atoms with Gasteiger partial charge in [0.1, 0.15) is 6.04 Å². The van der Waals surface area contributed by atoms with Gasteiger partial charge in [-0.15, -0.1) is 0 Å². The van der Waals surface area contributed by atoms with Crippen LogP contribution in [0.3, 0.4) is 0 Å². The predicted molar refractivity (Wildman–Crippen MR) is 77.5 cm³/mol. The number of aliphatic carboxylic acids is 1. The second-order valence-corrected chi connectivity index (χ2v) is 5.58. The molecule has 1 heterocycles. The molecule has 1 aromatic carbocycles. The van der Waals surface area contributed by atoms with Crippen LogP contribution in [0, 0.1) is 13.7 Å². The minimum atomic E-state index is -1.05. The van der Waals surface area contributed by atoms with E-state index in [1.807, 2.05) is 22.6 Å². The van der Waals surface area contributed by atoms with E-state index in [-0.39, 0.29) is 11.3 Å². The quantitative estimate of drug-likeness (QED) is 0.483. The number of carboxylic acid groups (broad SMARTS) is 1. The Morgan fingerprint density at radius 2 is 2.15 bits per heavy atom. The summed E-state index contributed by atoms with van der Waals surface area (Å²) in [5.41, 5.74) is -0.00668. The van der Waals surface area contributed by atoms with Gasteiger partial charge in [0, 0.05) is 22.2 Å². The summed E-state index contributed by atoms with van der Waals surface area (Å²) < 4.78 is 0.564. The molecule has 7 nitrogen and oxygen atoms in total. The predicted octanol–water partition coefficient (Wildman–Crippen LogP) is 1.89. The van der Waals surface area contributed by atoms with Crippen molar-refractivity contribution in [2.75, 3.05) is 6.54 Å². The molecule has 1 saturated heterocycles. The maximum absolute atomic E-state index is 12.4. The number of amides is 1. The van der Waals surface area contributed by atoms with Gasteiger partial charge in [0.05, 0.1) is 10.5 Å². The number of likely N-dealkylation sites (tertiary alicyclic amines) is 1. The molecule has 20 heavy (non-hydrogen) atoms. The van der Waals surface area contributed by atoms with Crippen LogP contribution in [0.1, 0.15) is 23.2 Å². The van der Waals surface area contributed by atoms with E-state index < -0.39 is 22.8 Å². The van der Waals surface area contributed by atoms with Gasteiger partial charge in [-0.3, -0.25) is 14.9 Å². The van der Waals surface area contributed by atoms with E-state index in [1.54, 1.807) is 0 Å². The molecule has 1 N–H and O–H groups in total. The van der Waals surface area contributed by atoms with E-state index in [0.717, 1.165) is 0 Å². The van der Waals surface area contributed by atoms with Crippen molar-refractivity contribution in [1.29, 1.82) is 0 Å². The summed E-state index contributed by atoms with van der Waals surface area (Å²) >= 11 is 1.91. The van der Waals surface area contributed by atoms with Crippen LogP contribution < -0.4 is 0 Å². The molecular weight excluding hydrogens is 379 g/mol. The molecule has 0 bridgehead atoms. The lowest BCUT2D eigenvalue weighted by molar-refractivity contribution is -0.384. The highest BCUT2D eigenvalue weighted by Gasteiger charge is 2.35. The van der Waals surface area contributed by atoms with Gasteiger partial charge in [-0.1, -0.05) is 0 Å². The Labute approximate surface area is 127 Å². The Kier molecular flexibility index (Phi) is 4.21. The number of hydrogen-bond donors (Lipinski definition) is 1. The molecule has 2 rings (SSSR count). The van der Waals surface area contributed by atoms with Gasteiger partial charge < -0.3 is 10.0 Å². The fraction of sp³-hybridized carbons (Fsp3) is 0.333. The minimum absolute atomic E-state index is 0.174. The molecule has 0 saturated carbocycles. The van der Waals surface area contributed by atoms with Crippen LogP contribution in [0.4, 0.5) is 5.69 Å². The highest BCUT2D eigenvalue weighted by atomic mass is 127. The van der Waals surface area contributed by atoms with E-state index in [4.69, 9.17) is 5.11 Å². The Morgan fingerprint density at radius 3 is 2.75 bits per heavy atom. The normalized spacial score (nSPS) is 18.1. The lowest BCUT2D eigenvalue weighted by Gasteiger charge is -2.21. The van der Waals surface area contributed by atoms with Crippen molar-refractivity contribution in [1.82, 2.24) is 4.90 Å². The van der Waals surface area contributed by atoms with Crippen LogP contribution in [-0.2, 0) is 4.79 Å². The minimum Gasteiger partial charge on any atom is -0.480 e. The van der Waals surface area contributed by atoms with Crippen molar-refractivity contribution in [3.05, 3.63) is 37.4 Å². The van der Waals surface area contributed by atoms with E-state index in [1.165, 1.54) is 23.1 Å². The number of nitrogens with zero attached hydrogens (tertiary/aromatic N) is 2. The largest absolute Gasteiger partial charge is 0.480 e. The molecule has 1 aliphatic rings. The SMILES string of the molecule is O=C(O)C1CCCN1C(=O)c1cc([N+](=O)[O-])ccc1I. The monoisotopic (exact) mass is 390 g/mol. The maximum atomic E-state index is 12.4. The van der Waals surface area contributed by atoms with Crippen molar-refractivity contribution in [2.24, 2.45) is 0 Å². The van der Waals surface area contributed by atoms with Crippen LogP contribution in [0.5, 0.6) is 0 Å². The average Bonchev–Trinajstić information content (AvgIpc) is 2.87. The first-order valence-electron chi connectivity index (χ1n) is 5.89. The lowest BCUT2D eigenvalue weighted by Crippen LogP contribution is -2.40. The number of rotatable bonds is 3. The van der Waals surface area contributed by atoms with Gasteiger partial charge in [0.25, 0.3) is 11.6 Å². The van der Waals surface area contributed by atoms with Crippen molar-refractivity contribution in [3.8, 4) is 0 Å². The van der Waals surface area contributed by atoms with Crippen molar-refractivity contribution in [3.63, 3.8) is 0 Å². The Morgan fingerprint density at radius 1 is 1.45 bits per heavy atom. The zero-order chi connectivity index (χ0) is 14.9. The summed E-state index contributed by atoms with van der Waals surface area (Å²) in [6.45, 7) is 0.356. The molecule has 0 radical (unpaired) electrons. The molecule has 1 aliphatic heterocycles. The number of carbonyl (C=O) groups excluding carboxylic acids is 1. The van der Waals surface area contributed by atoms with Crippen molar-refractivity contribution >= 4 is 40.2 Å². The first kappa shape index (κ1) is 14.7. The Balaban J connectivity index is 2.35. The second kappa shape index (κ2) is 5.73. The highest BCUT2D eigenvalue weighted by Crippen LogP contribution is 2.25. The summed E-state index contributed by atoms with van der Waals surface area (Å²) in [6.07, 6.45) is 1.03. The van der Waals surface area contributed by atoms with Gasteiger partial charge in [-0.25, -0.2) is 4.79 Å². The zero-order valence-corrected chi connectivity index (χ0v) is 12.4. The summed E-state index contributed by atoms with van der Waals surface area (Å²) in [5.74, 6) is -1.51. The van der Waals surface area contributed by atoms with E-state index in [2.05, 4.69) is 0 Å². The number of hydrogen-bond acceptors (Lipinski definition) is 4. The molecule has 0 spiro atoms. The van der Waals surface area contributed by atoms with Gasteiger partial charge in [-0.05, 0) is 41.5 Å². The van der Waals surface area contributed by atoms with Crippen LogP contribution in [-0.4, -0.2) is 39.4 Å². The number of nitro groups is 1. The molecule has 1 unspecified atom stereocenters. The molecule has 8 heteroatoms. The molecule has 1 amide bonds. The third kappa shape index (κ3) is 2.74. The first-order valence-corrected chi connectivity index (χ1v) is 6.97. The number of carboxylic acids is 1. The zero-order valence-electron chi connectivity index (χ0n) is 10.3. The fourth-order valence-electron chi connectivity index (χ4n) is 2.21. The third-order valence-electron chi connectivity index (χ3n) is 3.19. The Hall–Kier alpha value is -1.71. The van der Waals surface area contributed by atoms with E-state index in [9.17, 15) is 19.7 Å². The van der Waals surface area contributed by atoms with Gasteiger partial charge >= 0.3 is 5.97 Å². The van der Waals surface area contributed by atoms with E-state index in [0.29, 0.717) is 23.0 Å². The number of nitro benzene ring substituents is 1. The number of non-ortho nitro benzene ring substituents is 1. The summed E-state index contributed by atoms with van der Waals surface area (Å²) in [5, 5.41) is 19.9. The van der Waals surface area contributed by atoms with Crippen LogP contribution in [0.2, 0.25) is 0 Å². The lowest BCUT2D eigenvalue weighted by atomic mass is 10.1. The molecule has 1 aromatic rings. The molecule has 1 fully saturated rings. The summed E-state index contributed by atoms with van der Waals surface area (Å²) in [6, 6.07) is 3.15. The number of benzene rings is 1.